The van der Waals surface area contributed by atoms with E-state index >= 15 is 0 Å². The Hall–Kier alpha value is -2.01. The lowest BCUT2D eigenvalue weighted by atomic mass is 10.2. The number of fused-ring (bicyclic) bond motifs is 1. The molecule has 0 aliphatic heterocycles. The second-order valence-electron chi connectivity index (χ2n) is 6.13. The number of carbonyl (C=O) groups is 1. The number of ketones is 1. The van der Waals surface area contributed by atoms with Crippen molar-refractivity contribution in [1.29, 1.82) is 0 Å². The van der Waals surface area contributed by atoms with E-state index in [1.165, 1.54) is 30.3 Å². The number of hydrogen-bond donors (Lipinski definition) is 0. The van der Waals surface area contributed by atoms with Gasteiger partial charge >= 0.3 is 0 Å². The second-order valence-corrected chi connectivity index (χ2v) is 7.08. The first-order valence-electron chi connectivity index (χ1n) is 7.91. The highest BCUT2D eigenvalue weighted by Crippen LogP contribution is 2.38. The molecular formula is C18H19N3OS. The molecule has 0 aromatic carbocycles. The lowest BCUT2D eigenvalue weighted by Crippen LogP contribution is -2.06. The summed E-state index contributed by atoms with van der Waals surface area (Å²) in [5.41, 5.74) is 4.23. The minimum absolute atomic E-state index is 0.183. The van der Waals surface area contributed by atoms with Crippen molar-refractivity contribution in [1.82, 2.24) is 14.0 Å². The molecule has 1 aliphatic carbocycles. The van der Waals surface area contributed by atoms with E-state index in [9.17, 15) is 4.79 Å². The fourth-order valence-electron chi connectivity index (χ4n) is 3.19. The van der Waals surface area contributed by atoms with Gasteiger partial charge in [0.2, 0.25) is 0 Å². The van der Waals surface area contributed by atoms with E-state index in [1.54, 1.807) is 0 Å². The summed E-state index contributed by atoms with van der Waals surface area (Å²) < 4.78 is 4.34. The minimum Gasteiger partial charge on any atom is -0.345 e. The highest BCUT2D eigenvalue weighted by Gasteiger charge is 2.28. The third-order valence-electron chi connectivity index (χ3n) is 4.43. The zero-order chi connectivity index (χ0) is 16.0. The van der Waals surface area contributed by atoms with Gasteiger partial charge in [0.1, 0.15) is 0 Å². The molecule has 0 radical (unpaired) electrons. The Bertz CT molecular complexity index is 889. The highest BCUT2D eigenvalue weighted by atomic mass is 32.2. The summed E-state index contributed by atoms with van der Waals surface area (Å²) in [4.78, 5) is 17.0. The van der Waals surface area contributed by atoms with E-state index < -0.39 is 0 Å². The van der Waals surface area contributed by atoms with Crippen molar-refractivity contribution in [3.8, 4) is 0 Å². The van der Waals surface area contributed by atoms with Crippen molar-refractivity contribution in [2.45, 2.75) is 37.9 Å². The van der Waals surface area contributed by atoms with E-state index in [2.05, 4.69) is 23.4 Å². The van der Waals surface area contributed by atoms with Gasteiger partial charge in [0.15, 0.2) is 10.9 Å². The first kappa shape index (κ1) is 14.6. The van der Waals surface area contributed by atoms with Gasteiger partial charge in [0.05, 0.1) is 17.5 Å². The zero-order valence-electron chi connectivity index (χ0n) is 13.3. The van der Waals surface area contributed by atoms with Gasteiger partial charge < -0.3 is 4.57 Å². The lowest BCUT2D eigenvalue weighted by molar-refractivity contribution is 0.102. The number of thioether (sulfide) groups is 1. The third-order valence-corrected chi connectivity index (χ3v) is 5.40. The van der Waals surface area contributed by atoms with Gasteiger partial charge in [0.25, 0.3) is 0 Å². The van der Waals surface area contributed by atoms with Crippen LogP contribution in [0.5, 0.6) is 0 Å². The first-order valence-corrected chi connectivity index (χ1v) is 8.90. The minimum atomic E-state index is 0.183. The van der Waals surface area contributed by atoms with E-state index in [0.29, 0.717) is 11.8 Å². The number of pyridine rings is 1. The van der Waals surface area contributed by atoms with Crippen LogP contribution in [0, 0.1) is 13.8 Å². The molecule has 1 aliphatic rings. The molecule has 3 aromatic rings. The van der Waals surface area contributed by atoms with Gasteiger partial charge in [0, 0.05) is 29.2 Å². The Morgan fingerprint density at radius 1 is 1.35 bits per heavy atom. The maximum atomic E-state index is 12.6. The first-order chi connectivity index (χ1) is 11.1. The standard InChI is InChI=1S/C18H19N3OS/c1-12-9-16(13(2)21(12)14-6-7-14)17(22)11-23-18-19-10-15-5-3-4-8-20(15)18/h3-5,8-10,14H,6-7,11H2,1-2H3. The van der Waals surface area contributed by atoms with Crippen molar-refractivity contribution >= 4 is 23.1 Å². The molecule has 0 unspecified atom stereocenters. The summed E-state index contributed by atoms with van der Waals surface area (Å²) in [7, 11) is 0. The van der Waals surface area contributed by atoms with Crippen molar-refractivity contribution in [3.63, 3.8) is 0 Å². The van der Waals surface area contributed by atoms with Crippen LogP contribution in [0.25, 0.3) is 5.52 Å². The predicted octanol–water partition coefficient (Wildman–Crippen LogP) is 4.06. The van der Waals surface area contributed by atoms with Gasteiger partial charge in [-0.05, 0) is 44.9 Å². The average molecular weight is 325 g/mol. The Balaban J connectivity index is 1.53. The van der Waals surface area contributed by atoms with Gasteiger partial charge in [-0.15, -0.1) is 0 Å². The number of nitrogens with zero attached hydrogens (tertiary/aromatic N) is 3. The number of Topliss-reactive ketones (excluding diaryl/α,β-unsaturated/α-hetero) is 1. The SMILES string of the molecule is Cc1cc(C(=O)CSc2ncc3ccccn23)c(C)n1C1CC1. The molecule has 0 atom stereocenters. The van der Waals surface area contributed by atoms with E-state index in [0.717, 1.165) is 21.9 Å². The van der Waals surface area contributed by atoms with Crippen molar-refractivity contribution in [3.05, 3.63) is 53.6 Å². The van der Waals surface area contributed by atoms with Crippen LogP contribution in [-0.2, 0) is 0 Å². The van der Waals surface area contributed by atoms with Gasteiger partial charge in [-0.25, -0.2) is 4.98 Å². The number of aryl methyl sites for hydroxylation is 1. The van der Waals surface area contributed by atoms with Gasteiger partial charge in [-0.1, -0.05) is 17.8 Å². The molecule has 1 saturated carbocycles. The Labute approximate surface area is 139 Å². The molecule has 1 fully saturated rings. The number of carbonyl (C=O) groups excluding carboxylic acids is 1. The third kappa shape index (κ3) is 2.59. The molecule has 5 heteroatoms. The molecule has 0 bridgehead atoms. The number of rotatable bonds is 5. The number of hydrogen-bond acceptors (Lipinski definition) is 3. The molecule has 3 aromatic heterocycles. The molecule has 3 heterocycles. The monoisotopic (exact) mass is 325 g/mol. The molecule has 4 rings (SSSR count). The summed E-state index contributed by atoms with van der Waals surface area (Å²) in [5, 5.41) is 0.866. The number of imidazole rings is 1. The maximum Gasteiger partial charge on any atom is 0.175 e. The smallest absolute Gasteiger partial charge is 0.175 e. The van der Waals surface area contributed by atoms with Crippen molar-refractivity contribution < 1.29 is 4.79 Å². The largest absolute Gasteiger partial charge is 0.345 e. The molecule has 0 saturated heterocycles. The van der Waals surface area contributed by atoms with Crippen LogP contribution in [0.15, 0.2) is 41.8 Å². The van der Waals surface area contributed by atoms with Crippen molar-refractivity contribution in [2.24, 2.45) is 0 Å². The van der Waals surface area contributed by atoms with E-state index in [-0.39, 0.29) is 5.78 Å². The molecule has 0 amide bonds. The van der Waals surface area contributed by atoms with E-state index in [1.807, 2.05) is 41.1 Å². The van der Waals surface area contributed by atoms with Crippen LogP contribution < -0.4 is 0 Å². The van der Waals surface area contributed by atoms with Crippen LogP contribution in [0.2, 0.25) is 0 Å². The fourth-order valence-corrected chi connectivity index (χ4v) is 4.04. The highest BCUT2D eigenvalue weighted by molar-refractivity contribution is 7.99. The van der Waals surface area contributed by atoms with Crippen LogP contribution in [0.1, 0.15) is 40.6 Å². The summed E-state index contributed by atoms with van der Waals surface area (Å²) in [6, 6.07) is 8.63. The second kappa shape index (κ2) is 5.57. The summed E-state index contributed by atoms with van der Waals surface area (Å²) in [5.74, 6) is 0.603. The van der Waals surface area contributed by atoms with Crippen LogP contribution >= 0.6 is 11.8 Å². The van der Waals surface area contributed by atoms with Gasteiger partial charge in [-0.2, -0.15) is 0 Å². The fraction of sp³-hybridized carbons (Fsp3) is 0.333. The summed E-state index contributed by atoms with van der Waals surface area (Å²) in [6.07, 6.45) is 6.29. The quantitative estimate of drug-likeness (QED) is 0.524. The Morgan fingerprint density at radius 3 is 2.96 bits per heavy atom. The normalized spacial score (nSPS) is 14.5. The predicted molar refractivity (Wildman–Crippen MR) is 92.4 cm³/mol. The maximum absolute atomic E-state index is 12.6. The van der Waals surface area contributed by atoms with Crippen LogP contribution in [-0.4, -0.2) is 25.5 Å². The molecule has 4 nitrogen and oxygen atoms in total. The Morgan fingerprint density at radius 2 is 2.17 bits per heavy atom. The molecule has 0 spiro atoms. The zero-order valence-corrected chi connectivity index (χ0v) is 14.1. The summed E-state index contributed by atoms with van der Waals surface area (Å²) >= 11 is 1.50. The van der Waals surface area contributed by atoms with Crippen molar-refractivity contribution in [2.75, 3.05) is 5.75 Å². The molecule has 118 valence electrons. The number of aromatic nitrogens is 3. The molecule has 0 N–H and O–H groups in total. The van der Waals surface area contributed by atoms with Crippen LogP contribution in [0.3, 0.4) is 0 Å². The van der Waals surface area contributed by atoms with Crippen LogP contribution in [0.4, 0.5) is 0 Å². The lowest BCUT2D eigenvalue weighted by Gasteiger charge is -2.07. The Kier molecular flexibility index (Phi) is 3.53. The average Bonchev–Trinajstić information content (AvgIpc) is 3.22. The molecular weight excluding hydrogens is 306 g/mol. The molecule has 23 heavy (non-hydrogen) atoms. The topological polar surface area (TPSA) is 39.3 Å². The van der Waals surface area contributed by atoms with E-state index in [4.69, 9.17) is 0 Å². The summed E-state index contributed by atoms with van der Waals surface area (Å²) in [6.45, 7) is 4.16. The van der Waals surface area contributed by atoms with Gasteiger partial charge in [-0.3, -0.25) is 9.20 Å².